The number of carbonyl (C=O) groups excluding carboxylic acids is 1. The molecule has 2 aliphatic rings. The van der Waals surface area contributed by atoms with Crippen molar-refractivity contribution >= 4 is 11.7 Å². The molecule has 1 unspecified atom stereocenters. The first kappa shape index (κ1) is 22.6. The summed E-state index contributed by atoms with van der Waals surface area (Å²) < 4.78 is 24.5. The number of benzene rings is 2. The van der Waals surface area contributed by atoms with E-state index in [0.29, 0.717) is 18.3 Å². The van der Waals surface area contributed by atoms with Crippen molar-refractivity contribution < 1.29 is 18.7 Å². The highest BCUT2D eigenvalue weighted by Gasteiger charge is 2.34. The Morgan fingerprint density at radius 3 is 2.53 bits per heavy atom. The molecule has 0 radical (unpaired) electrons. The molecule has 2 aromatic carbocycles. The molecule has 4 rings (SSSR count). The summed E-state index contributed by atoms with van der Waals surface area (Å²) in [4.78, 5) is 11.9. The van der Waals surface area contributed by atoms with Gasteiger partial charge in [0.25, 0.3) is 0 Å². The van der Waals surface area contributed by atoms with Crippen LogP contribution in [0.2, 0.25) is 0 Å². The Morgan fingerprint density at radius 2 is 1.84 bits per heavy atom. The predicted octanol–water partition coefficient (Wildman–Crippen LogP) is 6.28. The lowest BCUT2D eigenvalue weighted by Gasteiger charge is -2.29. The van der Waals surface area contributed by atoms with Crippen molar-refractivity contribution in [1.82, 2.24) is 0 Å². The number of rotatable bonds is 9. The van der Waals surface area contributed by atoms with E-state index in [-0.39, 0.29) is 23.6 Å². The van der Waals surface area contributed by atoms with Gasteiger partial charge in [-0.1, -0.05) is 12.1 Å². The molecule has 0 heterocycles. The molecule has 2 aromatic rings. The normalized spacial score (nSPS) is 21.6. The van der Waals surface area contributed by atoms with Gasteiger partial charge in [-0.15, -0.1) is 0 Å². The summed E-state index contributed by atoms with van der Waals surface area (Å²) in [6.45, 7) is 0.919. The van der Waals surface area contributed by atoms with Crippen molar-refractivity contribution in [2.24, 2.45) is 11.8 Å². The van der Waals surface area contributed by atoms with E-state index in [1.807, 2.05) is 6.07 Å². The van der Waals surface area contributed by atoms with E-state index < -0.39 is 0 Å². The molecule has 172 valence electrons. The van der Waals surface area contributed by atoms with Crippen molar-refractivity contribution in [2.75, 3.05) is 26.1 Å². The maximum absolute atomic E-state index is 14.3. The van der Waals surface area contributed by atoms with E-state index in [9.17, 15) is 9.18 Å². The van der Waals surface area contributed by atoms with E-state index in [0.717, 1.165) is 49.2 Å². The van der Waals surface area contributed by atoms with E-state index in [4.69, 9.17) is 9.47 Å². The van der Waals surface area contributed by atoms with Crippen molar-refractivity contribution in [3.63, 3.8) is 0 Å². The highest BCUT2D eigenvalue weighted by atomic mass is 19.1. The molecule has 0 aromatic heterocycles. The van der Waals surface area contributed by atoms with Crippen LogP contribution in [-0.2, 0) is 9.53 Å². The lowest BCUT2D eigenvalue weighted by atomic mass is 9.78. The van der Waals surface area contributed by atoms with Crippen molar-refractivity contribution in [2.45, 2.75) is 56.8 Å². The summed E-state index contributed by atoms with van der Waals surface area (Å²) in [5.41, 5.74) is 3.12. The van der Waals surface area contributed by atoms with Crippen LogP contribution in [-0.4, -0.2) is 26.7 Å². The Balaban J connectivity index is 1.31. The number of nitrogens with one attached hydrogen (secondary N) is 1. The zero-order valence-electron chi connectivity index (χ0n) is 19.1. The zero-order valence-corrected chi connectivity index (χ0v) is 19.1. The molecular formula is C27H34FNO3. The summed E-state index contributed by atoms with van der Waals surface area (Å²) in [5.74, 6) is 2.15. The largest absolute Gasteiger partial charge is 0.497 e. The molecule has 2 fully saturated rings. The standard InChI is InChI=1S/C27H34FNO3/c1-31-23-12-13-26(28)25(15-23)20-8-6-18(7-9-20)17-29-22-5-3-4-21(14-22)24(19-10-11-19)16-27(30)32-2/h3-5,12-15,18-20,24,29H,6-11,16-17H2,1-2H3. The number of hydrogen-bond acceptors (Lipinski definition) is 4. The summed E-state index contributed by atoms with van der Waals surface area (Å²) in [5, 5.41) is 3.61. The molecule has 5 heteroatoms. The molecule has 0 amide bonds. The van der Waals surface area contributed by atoms with Gasteiger partial charge in [-0.25, -0.2) is 4.39 Å². The number of ether oxygens (including phenoxy) is 2. The molecular weight excluding hydrogens is 405 g/mol. The number of hydrogen-bond donors (Lipinski definition) is 1. The summed E-state index contributed by atoms with van der Waals surface area (Å²) in [7, 11) is 3.08. The van der Waals surface area contributed by atoms with Gasteiger partial charge in [0.2, 0.25) is 0 Å². The van der Waals surface area contributed by atoms with Gasteiger partial charge in [0.05, 0.1) is 20.6 Å². The Bertz CT molecular complexity index is 919. The van der Waals surface area contributed by atoms with Crippen LogP contribution in [0.15, 0.2) is 42.5 Å². The van der Waals surface area contributed by atoms with Gasteiger partial charge in [0.1, 0.15) is 11.6 Å². The molecule has 0 saturated heterocycles. The van der Waals surface area contributed by atoms with Crippen LogP contribution in [0.4, 0.5) is 10.1 Å². The van der Waals surface area contributed by atoms with Gasteiger partial charge in [-0.05, 0) is 104 Å². The van der Waals surface area contributed by atoms with Crippen LogP contribution in [0.25, 0.3) is 0 Å². The number of esters is 1. The third-order valence-electron chi connectivity index (χ3n) is 7.20. The molecule has 32 heavy (non-hydrogen) atoms. The van der Waals surface area contributed by atoms with Crippen LogP contribution in [0.5, 0.6) is 5.75 Å². The molecule has 1 atom stereocenters. The van der Waals surface area contributed by atoms with Crippen LogP contribution < -0.4 is 10.1 Å². The third-order valence-corrected chi connectivity index (χ3v) is 7.20. The quantitative estimate of drug-likeness (QED) is 0.467. The summed E-state index contributed by atoms with van der Waals surface area (Å²) >= 11 is 0. The number of methoxy groups -OCH3 is 2. The molecule has 4 nitrogen and oxygen atoms in total. The van der Waals surface area contributed by atoms with E-state index >= 15 is 0 Å². The molecule has 1 N–H and O–H groups in total. The number of carbonyl (C=O) groups is 1. The van der Waals surface area contributed by atoms with Crippen LogP contribution in [0.3, 0.4) is 0 Å². The molecule has 0 spiro atoms. The first-order valence-corrected chi connectivity index (χ1v) is 11.8. The maximum Gasteiger partial charge on any atom is 0.306 e. The highest BCUT2D eigenvalue weighted by molar-refractivity contribution is 5.70. The van der Waals surface area contributed by atoms with Gasteiger partial charge in [-0.2, -0.15) is 0 Å². The lowest BCUT2D eigenvalue weighted by molar-refractivity contribution is -0.141. The van der Waals surface area contributed by atoms with Crippen LogP contribution in [0.1, 0.15) is 67.9 Å². The van der Waals surface area contributed by atoms with E-state index in [2.05, 4.69) is 29.6 Å². The SMILES string of the molecule is COC(=O)CC(c1cccc(NCC2CCC(c3cc(OC)ccc3F)CC2)c1)C1CC1. The van der Waals surface area contributed by atoms with Gasteiger partial charge in [-0.3, -0.25) is 4.79 Å². The fourth-order valence-corrected chi connectivity index (χ4v) is 5.10. The monoisotopic (exact) mass is 439 g/mol. The van der Waals surface area contributed by atoms with Crippen molar-refractivity contribution in [1.29, 1.82) is 0 Å². The van der Waals surface area contributed by atoms with Gasteiger partial charge in [0, 0.05) is 12.2 Å². The minimum Gasteiger partial charge on any atom is -0.497 e. The summed E-state index contributed by atoms with van der Waals surface area (Å²) in [6, 6.07) is 13.6. The second-order valence-electron chi connectivity index (χ2n) is 9.34. The molecule has 2 aliphatic carbocycles. The van der Waals surface area contributed by atoms with Gasteiger partial charge >= 0.3 is 5.97 Å². The maximum atomic E-state index is 14.3. The van der Waals surface area contributed by atoms with Gasteiger partial charge < -0.3 is 14.8 Å². The fourth-order valence-electron chi connectivity index (χ4n) is 5.10. The number of halogens is 1. The Morgan fingerprint density at radius 1 is 1.06 bits per heavy atom. The summed E-state index contributed by atoms with van der Waals surface area (Å²) in [6.07, 6.45) is 7.00. The zero-order chi connectivity index (χ0) is 22.5. The molecule has 0 bridgehead atoms. The topological polar surface area (TPSA) is 47.6 Å². The molecule has 0 aliphatic heterocycles. The Kier molecular flexibility index (Phi) is 7.33. The average molecular weight is 440 g/mol. The molecule has 2 saturated carbocycles. The predicted molar refractivity (Wildman–Crippen MR) is 125 cm³/mol. The average Bonchev–Trinajstić information content (AvgIpc) is 3.67. The fraction of sp³-hybridized carbons (Fsp3) is 0.519. The third kappa shape index (κ3) is 5.62. The Labute approximate surface area is 190 Å². The van der Waals surface area contributed by atoms with E-state index in [1.54, 1.807) is 13.2 Å². The first-order valence-electron chi connectivity index (χ1n) is 11.8. The first-order chi connectivity index (χ1) is 15.6. The minimum absolute atomic E-state index is 0.124. The van der Waals surface area contributed by atoms with Crippen LogP contribution in [0, 0.1) is 17.7 Å². The van der Waals surface area contributed by atoms with Crippen LogP contribution >= 0.6 is 0 Å². The number of anilines is 1. The van der Waals surface area contributed by atoms with E-state index in [1.165, 1.54) is 31.6 Å². The second kappa shape index (κ2) is 10.4. The highest BCUT2D eigenvalue weighted by Crippen LogP contribution is 2.45. The second-order valence-corrected chi connectivity index (χ2v) is 9.34. The van der Waals surface area contributed by atoms with Crippen molar-refractivity contribution in [3.8, 4) is 5.75 Å². The Hall–Kier alpha value is -2.56. The van der Waals surface area contributed by atoms with Crippen molar-refractivity contribution in [3.05, 3.63) is 59.4 Å². The van der Waals surface area contributed by atoms with Gasteiger partial charge in [0.15, 0.2) is 0 Å². The lowest BCUT2D eigenvalue weighted by Crippen LogP contribution is -2.21. The minimum atomic E-state index is -0.135. The smallest absolute Gasteiger partial charge is 0.306 e.